The third-order valence-electron chi connectivity index (χ3n) is 2.21. The van der Waals surface area contributed by atoms with Gasteiger partial charge < -0.3 is 4.42 Å². The van der Waals surface area contributed by atoms with E-state index in [1.54, 1.807) is 18.5 Å². The smallest absolute Gasteiger partial charge is 0.182 e. The van der Waals surface area contributed by atoms with Crippen molar-refractivity contribution in [3.05, 3.63) is 49.0 Å². The van der Waals surface area contributed by atoms with Crippen LogP contribution in [0.4, 0.5) is 0 Å². The van der Waals surface area contributed by atoms with Crippen LogP contribution in [0.5, 0.6) is 0 Å². The molecule has 0 aliphatic heterocycles. The molecule has 71 valence electrons. The van der Waals surface area contributed by atoms with Crippen LogP contribution in [0.25, 0.3) is 22.4 Å². The lowest BCUT2D eigenvalue weighted by Gasteiger charge is -1.93. The number of nitrogens with zero attached hydrogens (tertiary/aromatic N) is 2. The van der Waals surface area contributed by atoms with E-state index in [0.29, 0.717) is 5.82 Å². The molecule has 2 heterocycles. The fourth-order valence-electron chi connectivity index (χ4n) is 1.52. The molecule has 0 saturated carbocycles. The van der Waals surface area contributed by atoms with Gasteiger partial charge in [0, 0.05) is 17.8 Å². The molecule has 3 aromatic rings. The van der Waals surface area contributed by atoms with Gasteiger partial charge in [-0.1, -0.05) is 18.2 Å². The minimum atomic E-state index is 0.641. The van der Waals surface area contributed by atoms with E-state index in [4.69, 9.17) is 4.42 Å². The monoisotopic (exact) mass is 195 g/mol. The molecule has 0 saturated heterocycles. The van der Waals surface area contributed by atoms with Crippen molar-refractivity contribution in [2.45, 2.75) is 0 Å². The molecular formula is C12H7N2O. The molecule has 15 heavy (non-hydrogen) atoms. The summed E-state index contributed by atoms with van der Waals surface area (Å²) < 4.78 is 5.30. The number of hydrogen-bond donors (Lipinski definition) is 0. The molecule has 0 bridgehead atoms. The zero-order chi connectivity index (χ0) is 10.1. The van der Waals surface area contributed by atoms with Crippen molar-refractivity contribution in [2.24, 2.45) is 0 Å². The first-order valence-electron chi connectivity index (χ1n) is 4.62. The lowest BCUT2D eigenvalue weighted by atomic mass is 10.1. The molecule has 2 aromatic heterocycles. The molecule has 3 heteroatoms. The average molecular weight is 195 g/mol. The molecule has 0 aliphatic carbocycles. The van der Waals surface area contributed by atoms with Crippen LogP contribution in [0.2, 0.25) is 0 Å². The Balaban J connectivity index is 2.28. The van der Waals surface area contributed by atoms with Gasteiger partial charge in [0.2, 0.25) is 0 Å². The molecule has 0 spiro atoms. The minimum Gasteiger partial charge on any atom is -0.452 e. The molecule has 3 nitrogen and oxygen atoms in total. The van der Waals surface area contributed by atoms with Gasteiger partial charge in [-0.3, -0.25) is 0 Å². The summed E-state index contributed by atoms with van der Waals surface area (Å²) in [4.78, 5) is 8.34. The maximum atomic E-state index is 5.30. The van der Waals surface area contributed by atoms with Gasteiger partial charge in [0.05, 0.1) is 5.56 Å². The molecule has 1 aromatic carbocycles. The average Bonchev–Trinajstić information content (AvgIpc) is 2.74. The van der Waals surface area contributed by atoms with Gasteiger partial charge in [-0.2, -0.15) is 0 Å². The fraction of sp³-hybridized carbons (Fsp3) is 0. The first-order valence-corrected chi connectivity index (χ1v) is 4.62. The highest BCUT2D eigenvalue weighted by atomic mass is 16.3. The number of benzene rings is 1. The van der Waals surface area contributed by atoms with Crippen molar-refractivity contribution in [3.63, 3.8) is 0 Å². The Bertz CT molecular complexity index is 587. The normalized spacial score (nSPS) is 10.7. The highest BCUT2D eigenvalue weighted by Gasteiger charge is 2.09. The van der Waals surface area contributed by atoms with Crippen LogP contribution in [0.1, 0.15) is 0 Å². The highest BCUT2D eigenvalue weighted by Crippen LogP contribution is 2.26. The first kappa shape index (κ1) is 8.17. The molecule has 1 radical (unpaired) electrons. The summed E-state index contributed by atoms with van der Waals surface area (Å²) in [5, 5.41) is 0.990. The highest BCUT2D eigenvalue weighted by molar-refractivity contribution is 5.91. The Labute approximate surface area is 86.4 Å². The number of hydrogen-bond acceptors (Lipinski definition) is 3. The van der Waals surface area contributed by atoms with Gasteiger partial charge in [0.15, 0.2) is 12.1 Å². The SMILES string of the molecule is [c]1oc2ccccc2c1-c1ncccn1. The zero-order valence-corrected chi connectivity index (χ0v) is 7.84. The molecule has 0 unspecified atom stereocenters. The van der Waals surface area contributed by atoms with Gasteiger partial charge in [-0.05, 0) is 12.1 Å². The van der Waals surface area contributed by atoms with Crippen LogP contribution in [0.15, 0.2) is 47.1 Å². The Kier molecular flexibility index (Phi) is 1.75. The van der Waals surface area contributed by atoms with Gasteiger partial charge in [0.1, 0.15) is 5.58 Å². The Morgan fingerprint density at radius 3 is 2.67 bits per heavy atom. The van der Waals surface area contributed by atoms with E-state index >= 15 is 0 Å². The van der Waals surface area contributed by atoms with Crippen molar-refractivity contribution >= 4 is 11.0 Å². The molecule has 0 amide bonds. The molecule has 0 fully saturated rings. The number of furan rings is 1. The fourth-order valence-corrected chi connectivity index (χ4v) is 1.52. The van der Waals surface area contributed by atoms with Crippen molar-refractivity contribution < 1.29 is 4.42 Å². The molecule has 0 atom stereocenters. The van der Waals surface area contributed by atoms with Crippen molar-refractivity contribution in [1.82, 2.24) is 9.97 Å². The lowest BCUT2D eigenvalue weighted by molar-refractivity contribution is 0.607. The number of para-hydroxylation sites is 1. The van der Waals surface area contributed by atoms with Crippen LogP contribution in [0, 0.1) is 6.26 Å². The Morgan fingerprint density at radius 2 is 1.80 bits per heavy atom. The Hall–Kier alpha value is -2.16. The van der Waals surface area contributed by atoms with E-state index in [1.807, 2.05) is 24.3 Å². The van der Waals surface area contributed by atoms with E-state index in [9.17, 15) is 0 Å². The predicted molar refractivity (Wildman–Crippen MR) is 56.1 cm³/mol. The van der Waals surface area contributed by atoms with Crippen LogP contribution in [-0.2, 0) is 0 Å². The van der Waals surface area contributed by atoms with Crippen LogP contribution >= 0.6 is 0 Å². The van der Waals surface area contributed by atoms with Gasteiger partial charge in [-0.25, -0.2) is 9.97 Å². The van der Waals surface area contributed by atoms with Gasteiger partial charge in [0.25, 0.3) is 0 Å². The molecular weight excluding hydrogens is 188 g/mol. The van der Waals surface area contributed by atoms with Crippen molar-refractivity contribution in [2.75, 3.05) is 0 Å². The van der Waals surface area contributed by atoms with Crippen LogP contribution < -0.4 is 0 Å². The predicted octanol–water partition coefficient (Wildman–Crippen LogP) is 2.69. The summed E-state index contributed by atoms with van der Waals surface area (Å²) in [6.07, 6.45) is 6.24. The Morgan fingerprint density at radius 1 is 1.00 bits per heavy atom. The summed E-state index contributed by atoms with van der Waals surface area (Å²) in [6, 6.07) is 9.54. The summed E-state index contributed by atoms with van der Waals surface area (Å²) in [5.41, 5.74) is 1.62. The number of aromatic nitrogens is 2. The number of rotatable bonds is 1. The van der Waals surface area contributed by atoms with E-state index < -0.39 is 0 Å². The van der Waals surface area contributed by atoms with E-state index in [-0.39, 0.29) is 0 Å². The van der Waals surface area contributed by atoms with Gasteiger partial charge >= 0.3 is 0 Å². The maximum absolute atomic E-state index is 5.30. The number of fused-ring (bicyclic) bond motifs is 1. The largest absolute Gasteiger partial charge is 0.452 e. The second-order valence-electron chi connectivity index (χ2n) is 3.15. The van der Waals surface area contributed by atoms with E-state index in [0.717, 1.165) is 16.5 Å². The summed E-state index contributed by atoms with van der Waals surface area (Å²) in [7, 11) is 0. The molecule has 3 rings (SSSR count). The lowest BCUT2D eigenvalue weighted by Crippen LogP contribution is -1.84. The second-order valence-corrected chi connectivity index (χ2v) is 3.15. The second kappa shape index (κ2) is 3.20. The topological polar surface area (TPSA) is 38.9 Å². The van der Waals surface area contributed by atoms with Crippen LogP contribution in [0.3, 0.4) is 0 Å². The summed E-state index contributed by atoms with van der Waals surface area (Å²) in [6.45, 7) is 0. The third-order valence-corrected chi connectivity index (χ3v) is 2.21. The summed E-state index contributed by atoms with van der Waals surface area (Å²) in [5.74, 6) is 0.641. The summed E-state index contributed by atoms with van der Waals surface area (Å²) >= 11 is 0. The van der Waals surface area contributed by atoms with Crippen molar-refractivity contribution in [3.8, 4) is 11.4 Å². The minimum absolute atomic E-state index is 0.641. The van der Waals surface area contributed by atoms with Crippen LogP contribution in [-0.4, -0.2) is 9.97 Å². The van der Waals surface area contributed by atoms with E-state index in [2.05, 4.69) is 16.2 Å². The quantitative estimate of drug-likeness (QED) is 0.599. The standard InChI is InChI=1S/C12H7N2O/c1-2-5-11-9(4-1)10(8-15-11)12-13-6-3-7-14-12/h1-7H. The van der Waals surface area contributed by atoms with Gasteiger partial charge in [-0.15, -0.1) is 0 Å². The van der Waals surface area contributed by atoms with Crippen molar-refractivity contribution in [1.29, 1.82) is 0 Å². The molecule has 0 aliphatic rings. The van der Waals surface area contributed by atoms with E-state index in [1.165, 1.54) is 0 Å². The maximum Gasteiger partial charge on any atom is 0.182 e. The first-order chi connectivity index (χ1) is 7.45. The third kappa shape index (κ3) is 1.29. The zero-order valence-electron chi connectivity index (χ0n) is 7.84. The molecule has 0 N–H and O–H groups in total.